The van der Waals surface area contributed by atoms with Crippen LogP contribution in [0.25, 0.3) is 28.2 Å². The molecular weight excluding hydrogens is 454 g/mol. The van der Waals surface area contributed by atoms with Crippen LogP contribution in [0.2, 0.25) is 0 Å². The largest absolute Gasteiger partial charge is 0.455 e. The smallest absolute Gasteiger partial charge is 0.260 e. The van der Waals surface area contributed by atoms with Crippen molar-refractivity contribution in [3.63, 3.8) is 0 Å². The first-order chi connectivity index (χ1) is 17.2. The second-order valence-electron chi connectivity index (χ2n) is 9.51. The molecule has 0 radical (unpaired) electrons. The maximum atomic E-state index is 13.6. The zero-order valence-electron chi connectivity index (χ0n) is 20.4. The molecule has 0 fully saturated rings. The van der Waals surface area contributed by atoms with E-state index in [0.717, 1.165) is 11.3 Å². The minimum Gasteiger partial charge on any atom is -0.455 e. The van der Waals surface area contributed by atoms with E-state index in [9.17, 15) is 9.59 Å². The van der Waals surface area contributed by atoms with Crippen LogP contribution in [0.1, 0.15) is 42.4 Å². The van der Waals surface area contributed by atoms with Crippen molar-refractivity contribution in [1.82, 2.24) is 19.7 Å². The Labute approximate surface area is 207 Å². The topological polar surface area (TPSA) is 103 Å². The van der Waals surface area contributed by atoms with Crippen LogP contribution < -0.4 is 10.7 Å². The summed E-state index contributed by atoms with van der Waals surface area (Å²) in [6, 6.07) is 17.9. The third kappa shape index (κ3) is 4.17. The lowest BCUT2D eigenvalue weighted by Gasteiger charge is -2.13. The average molecular weight is 480 g/mol. The van der Waals surface area contributed by atoms with E-state index >= 15 is 0 Å². The molecule has 0 aliphatic carbocycles. The van der Waals surface area contributed by atoms with E-state index in [1.165, 1.54) is 4.68 Å². The van der Waals surface area contributed by atoms with Gasteiger partial charge in [-0.1, -0.05) is 57.2 Å². The summed E-state index contributed by atoms with van der Waals surface area (Å²) in [6.45, 7) is 7.82. The number of nitrogens with zero attached hydrogens (tertiary/aromatic N) is 4. The van der Waals surface area contributed by atoms with Crippen LogP contribution in [0.4, 0.5) is 5.82 Å². The predicted molar refractivity (Wildman–Crippen MR) is 138 cm³/mol. The van der Waals surface area contributed by atoms with Crippen LogP contribution in [0.3, 0.4) is 0 Å². The Hall–Kier alpha value is -4.59. The fraction of sp³-hybridized carbons (Fsp3) is 0.179. The van der Waals surface area contributed by atoms with Crippen molar-refractivity contribution in [2.24, 2.45) is 0 Å². The normalized spacial score (nSPS) is 11.6. The standard InChI is InChI=1S/C28H25N5O3/c1-17-23(34)19-12-8-13-20(25(19)36-24(17)18-10-6-5-7-11-18)26(35)31-22-16-21(28(2,3)4)32-33(22)27-29-14-9-15-30-27/h5-16H,1-4H3,(H,31,35). The van der Waals surface area contributed by atoms with E-state index in [-0.39, 0.29) is 22.0 Å². The van der Waals surface area contributed by atoms with Crippen LogP contribution in [-0.2, 0) is 5.41 Å². The van der Waals surface area contributed by atoms with Crippen molar-refractivity contribution in [2.45, 2.75) is 33.1 Å². The van der Waals surface area contributed by atoms with E-state index in [1.807, 2.05) is 51.1 Å². The van der Waals surface area contributed by atoms with Gasteiger partial charge in [-0.25, -0.2) is 9.97 Å². The number of nitrogens with one attached hydrogen (secondary N) is 1. The number of hydrogen-bond donors (Lipinski definition) is 1. The lowest BCUT2D eigenvalue weighted by molar-refractivity contribution is 0.102. The Morgan fingerprint density at radius 3 is 2.39 bits per heavy atom. The maximum Gasteiger partial charge on any atom is 0.260 e. The van der Waals surface area contributed by atoms with Crippen LogP contribution in [0.15, 0.2) is 82.3 Å². The van der Waals surface area contributed by atoms with Crippen LogP contribution >= 0.6 is 0 Å². The number of hydrogen-bond acceptors (Lipinski definition) is 6. The van der Waals surface area contributed by atoms with E-state index < -0.39 is 5.91 Å². The highest BCUT2D eigenvalue weighted by molar-refractivity contribution is 6.11. The van der Waals surface area contributed by atoms with Gasteiger partial charge in [0.25, 0.3) is 11.9 Å². The molecule has 180 valence electrons. The monoisotopic (exact) mass is 479 g/mol. The van der Waals surface area contributed by atoms with Gasteiger partial charge in [0, 0.05) is 35.0 Å². The molecule has 0 bridgehead atoms. The molecule has 5 aromatic rings. The summed E-state index contributed by atoms with van der Waals surface area (Å²) in [6.07, 6.45) is 3.22. The molecule has 1 amide bonds. The summed E-state index contributed by atoms with van der Waals surface area (Å²) >= 11 is 0. The summed E-state index contributed by atoms with van der Waals surface area (Å²) in [7, 11) is 0. The first-order valence-corrected chi connectivity index (χ1v) is 11.5. The average Bonchev–Trinajstić information content (AvgIpc) is 3.31. The van der Waals surface area contributed by atoms with Gasteiger partial charge >= 0.3 is 0 Å². The molecule has 36 heavy (non-hydrogen) atoms. The van der Waals surface area contributed by atoms with Gasteiger partial charge in [-0.3, -0.25) is 9.59 Å². The second-order valence-corrected chi connectivity index (χ2v) is 9.51. The van der Waals surface area contributed by atoms with E-state index in [2.05, 4.69) is 20.4 Å². The first-order valence-electron chi connectivity index (χ1n) is 11.5. The molecule has 0 spiro atoms. The number of aromatic nitrogens is 4. The van der Waals surface area contributed by atoms with Crippen molar-refractivity contribution >= 4 is 22.7 Å². The zero-order chi connectivity index (χ0) is 25.4. The highest BCUT2D eigenvalue weighted by Crippen LogP contribution is 2.29. The van der Waals surface area contributed by atoms with Gasteiger partial charge < -0.3 is 9.73 Å². The molecule has 3 aromatic heterocycles. The maximum absolute atomic E-state index is 13.6. The fourth-order valence-corrected chi connectivity index (χ4v) is 3.93. The molecule has 0 aliphatic rings. The van der Waals surface area contributed by atoms with Crippen LogP contribution in [-0.4, -0.2) is 25.7 Å². The van der Waals surface area contributed by atoms with Gasteiger partial charge in [0.05, 0.1) is 16.6 Å². The first kappa shape index (κ1) is 23.2. The highest BCUT2D eigenvalue weighted by Gasteiger charge is 2.24. The van der Waals surface area contributed by atoms with Gasteiger partial charge in [-0.05, 0) is 25.1 Å². The molecule has 5 rings (SSSR count). The minimum atomic E-state index is -0.441. The van der Waals surface area contributed by atoms with E-state index in [0.29, 0.717) is 28.5 Å². The molecule has 1 N–H and O–H groups in total. The Kier molecular flexibility index (Phi) is 5.72. The molecule has 0 saturated heterocycles. The summed E-state index contributed by atoms with van der Waals surface area (Å²) in [5.74, 6) is 0.732. The summed E-state index contributed by atoms with van der Waals surface area (Å²) in [4.78, 5) is 35.3. The van der Waals surface area contributed by atoms with Gasteiger partial charge in [0.2, 0.25) is 0 Å². The summed E-state index contributed by atoms with van der Waals surface area (Å²) in [5, 5.41) is 7.91. The molecule has 2 aromatic carbocycles. The Bertz CT molecular complexity index is 1630. The third-order valence-corrected chi connectivity index (χ3v) is 5.89. The number of benzene rings is 2. The Morgan fingerprint density at radius 1 is 0.972 bits per heavy atom. The zero-order valence-corrected chi connectivity index (χ0v) is 20.4. The SMILES string of the molecule is Cc1c(-c2ccccc2)oc2c(C(=O)Nc3cc(C(C)(C)C)nn3-c3ncccn3)cccc2c1=O. The van der Waals surface area contributed by atoms with Gasteiger partial charge in [-0.2, -0.15) is 9.78 Å². The molecular formula is C28H25N5O3. The van der Waals surface area contributed by atoms with Crippen LogP contribution in [0.5, 0.6) is 0 Å². The predicted octanol–water partition coefficient (Wildman–Crippen LogP) is 5.29. The number of carbonyl (C=O) groups excluding carboxylic acids is 1. The third-order valence-electron chi connectivity index (χ3n) is 5.89. The lowest BCUT2D eigenvalue weighted by atomic mass is 9.92. The number of para-hydroxylation sites is 1. The number of carbonyl (C=O) groups is 1. The number of amides is 1. The highest BCUT2D eigenvalue weighted by atomic mass is 16.3. The molecule has 8 nitrogen and oxygen atoms in total. The number of anilines is 1. The quantitative estimate of drug-likeness (QED) is 0.376. The minimum absolute atomic E-state index is 0.178. The number of rotatable bonds is 4. The van der Waals surface area contributed by atoms with Crippen molar-refractivity contribution in [1.29, 1.82) is 0 Å². The Morgan fingerprint density at radius 2 is 1.69 bits per heavy atom. The molecule has 0 saturated carbocycles. The van der Waals surface area contributed by atoms with Crippen molar-refractivity contribution in [3.8, 4) is 17.3 Å². The molecule has 3 heterocycles. The van der Waals surface area contributed by atoms with Crippen molar-refractivity contribution in [3.05, 3.63) is 100 Å². The molecule has 8 heteroatoms. The second kappa shape index (κ2) is 8.88. The molecule has 0 aliphatic heterocycles. The molecule has 0 atom stereocenters. The summed E-state index contributed by atoms with van der Waals surface area (Å²) in [5.41, 5.74) is 2.02. The van der Waals surface area contributed by atoms with E-state index in [4.69, 9.17) is 4.42 Å². The van der Waals surface area contributed by atoms with Crippen molar-refractivity contribution in [2.75, 3.05) is 5.32 Å². The Balaban J connectivity index is 1.62. The summed E-state index contributed by atoms with van der Waals surface area (Å²) < 4.78 is 7.72. The van der Waals surface area contributed by atoms with Gasteiger partial charge in [0.15, 0.2) is 11.0 Å². The fourth-order valence-electron chi connectivity index (χ4n) is 3.93. The number of fused-ring (bicyclic) bond motifs is 1. The van der Waals surface area contributed by atoms with Gasteiger partial charge in [-0.15, -0.1) is 0 Å². The van der Waals surface area contributed by atoms with E-state index in [1.54, 1.807) is 49.6 Å². The molecule has 0 unspecified atom stereocenters. The lowest BCUT2D eigenvalue weighted by Crippen LogP contribution is -2.17. The van der Waals surface area contributed by atoms with Crippen molar-refractivity contribution < 1.29 is 9.21 Å². The van der Waals surface area contributed by atoms with Crippen LogP contribution in [0, 0.1) is 6.92 Å². The van der Waals surface area contributed by atoms with Gasteiger partial charge in [0.1, 0.15) is 11.6 Å².